The van der Waals surface area contributed by atoms with E-state index in [0.29, 0.717) is 18.7 Å². The Labute approximate surface area is 97.2 Å². The van der Waals surface area contributed by atoms with Crippen LogP contribution in [0.1, 0.15) is 44.9 Å². The molecule has 0 aromatic heterocycles. The van der Waals surface area contributed by atoms with Crippen LogP contribution in [-0.4, -0.2) is 34.8 Å². The summed E-state index contributed by atoms with van der Waals surface area (Å²) in [5.74, 6) is 1.09. The first-order valence-electron chi connectivity index (χ1n) is 6.37. The summed E-state index contributed by atoms with van der Waals surface area (Å²) < 4.78 is 0. The lowest BCUT2D eigenvalue weighted by Gasteiger charge is -2.23. The Bertz CT molecular complexity index is 178. The standard InChI is InChI=1S/C12H23NOS/c14-8-11(13-10-6-7-10)9-15-12-4-2-1-3-5-12/h10-14H,1-9H2. The van der Waals surface area contributed by atoms with Gasteiger partial charge in [-0.3, -0.25) is 0 Å². The normalized spacial score (nSPS) is 25.4. The molecule has 1 unspecified atom stereocenters. The van der Waals surface area contributed by atoms with E-state index >= 15 is 0 Å². The van der Waals surface area contributed by atoms with Gasteiger partial charge in [-0.1, -0.05) is 19.3 Å². The molecule has 3 heteroatoms. The SMILES string of the molecule is OCC(CSC1CCCCC1)NC1CC1. The van der Waals surface area contributed by atoms with Gasteiger partial charge in [0.15, 0.2) is 0 Å². The van der Waals surface area contributed by atoms with Crippen LogP contribution >= 0.6 is 11.8 Å². The van der Waals surface area contributed by atoms with Gasteiger partial charge in [-0.25, -0.2) is 0 Å². The number of aliphatic hydroxyl groups is 1. The fourth-order valence-electron chi connectivity index (χ4n) is 2.22. The third-order valence-electron chi connectivity index (χ3n) is 3.35. The molecule has 0 heterocycles. The predicted octanol–water partition coefficient (Wildman–Crippen LogP) is 2.17. The first-order chi connectivity index (χ1) is 7.38. The second-order valence-corrected chi connectivity index (χ2v) is 6.25. The van der Waals surface area contributed by atoms with Gasteiger partial charge in [-0.15, -0.1) is 0 Å². The molecule has 0 bridgehead atoms. The number of hydrogen-bond donors (Lipinski definition) is 2. The van der Waals surface area contributed by atoms with Gasteiger partial charge in [0.25, 0.3) is 0 Å². The minimum Gasteiger partial charge on any atom is -0.395 e. The smallest absolute Gasteiger partial charge is 0.0592 e. The molecule has 88 valence electrons. The van der Waals surface area contributed by atoms with Gasteiger partial charge in [-0.05, 0) is 25.7 Å². The van der Waals surface area contributed by atoms with Crippen LogP contribution in [0.2, 0.25) is 0 Å². The van der Waals surface area contributed by atoms with Crippen LogP contribution in [0.25, 0.3) is 0 Å². The Kier molecular flexibility index (Phi) is 4.79. The number of thioether (sulfide) groups is 1. The van der Waals surface area contributed by atoms with Gasteiger partial charge >= 0.3 is 0 Å². The van der Waals surface area contributed by atoms with E-state index in [1.54, 1.807) is 0 Å². The lowest BCUT2D eigenvalue weighted by Crippen LogP contribution is -2.36. The summed E-state index contributed by atoms with van der Waals surface area (Å²) in [6, 6.07) is 1.05. The summed E-state index contributed by atoms with van der Waals surface area (Å²) in [7, 11) is 0. The lowest BCUT2D eigenvalue weighted by molar-refractivity contribution is 0.253. The van der Waals surface area contributed by atoms with E-state index in [2.05, 4.69) is 17.1 Å². The van der Waals surface area contributed by atoms with Crippen LogP contribution in [0.5, 0.6) is 0 Å². The molecule has 2 fully saturated rings. The van der Waals surface area contributed by atoms with Crippen LogP contribution in [0.15, 0.2) is 0 Å². The molecule has 2 aliphatic carbocycles. The Hall–Kier alpha value is 0.270. The summed E-state index contributed by atoms with van der Waals surface area (Å²) in [6.07, 6.45) is 9.67. The molecule has 2 aliphatic rings. The van der Waals surface area contributed by atoms with Gasteiger partial charge in [-0.2, -0.15) is 11.8 Å². The monoisotopic (exact) mass is 229 g/mol. The molecule has 15 heavy (non-hydrogen) atoms. The van der Waals surface area contributed by atoms with Crippen LogP contribution < -0.4 is 5.32 Å². The molecular formula is C12H23NOS. The minimum atomic E-state index is 0.302. The van der Waals surface area contributed by atoms with Crippen molar-refractivity contribution in [3.8, 4) is 0 Å². The highest BCUT2D eigenvalue weighted by Gasteiger charge is 2.25. The highest BCUT2D eigenvalue weighted by molar-refractivity contribution is 7.99. The molecule has 1 atom stereocenters. The molecule has 0 amide bonds. The molecule has 0 saturated heterocycles. The highest BCUT2D eigenvalue weighted by atomic mass is 32.2. The molecule has 0 radical (unpaired) electrons. The fraction of sp³-hybridized carbons (Fsp3) is 1.00. The summed E-state index contributed by atoms with van der Waals surface area (Å²) in [4.78, 5) is 0. The zero-order valence-electron chi connectivity index (χ0n) is 9.45. The average Bonchev–Trinajstić information content (AvgIpc) is 3.09. The molecule has 0 aromatic carbocycles. The number of nitrogens with one attached hydrogen (secondary N) is 1. The summed E-state index contributed by atoms with van der Waals surface area (Å²) in [6.45, 7) is 0.302. The molecule has 0 spiro atoms. The van der Waals surface area contributed by atoms with Crippen molar-refractivity contribution in [1.82, 2.24) is 5.32 Å². The highest BCUT2D eigenvalue weighted by Crippen LogP contribution is 2.29. The van der Waals surface area contributed by atoms with Crippen molar-refractivity contribution in [2.45, 2.75) is 62.3 Å². The van der Waals surface area contributed by atoms with Crippen LogP contribution in [0, 0.1) is 0 Å². The molecule has 2 N–H and O–H groups in total. The third kappa shape index (κ3) is 4.33. The Balaban J connectivity index is 1.60. The summed E-state index contributed by atoms with van der Waals surface area (Å²) in [5.41, 5.74) is 0. The Morgan fingerprint density at radius 2 is 1.87 bits per heavy atom. The maximum absolute atomic E-state index is 9.26. The van der Waals surface area contributed by atoms with Crippen LogP contribution in [0.3, 0.4) is 0 Å². The van der Waals surface area contributed by atoms with Gasteiger partial charge in [0.1, 0.15) is 0 Å². The van der Waals surface area contributed by atoms with Gasteiger partial charge in [0.05, 0.1) is 6.61 Å². The Morgan fingerprint density at radius 3 is 2.47 bits per heavy atom. The van der Waals surface area contributed by atoms with E-state index in [0.717, 1.165) is 11.0 Å². The third-order valence-corrected chi connectivity index (χ3v) is 4.89. The predicted molar refractivity (Wildman–Crippen MR) is 66.4 cm³/mol. The van der Waals surface area contributed by atoms with Crippen LogP contribution in [0.4, 0.5) is 0 Å². The van der Waals surface area contributed by atoms with Crippen molar-refractivity contribution in [1.29, 1.82) is 0 Å². The lowest BCUT2D eigenvalue weighted by atomic mass is 10.0. The van der Waals surface area contributed by atoms with Gasteiger partial charge in [0, 0.05) is 23.1 Å². The van der Waals surface area contributed by atoms with Crippen molar-refractivity contribution in [3.05, 3.63) is 0 Å². The zero-order chi connectivity index (χ0) is 10.5. The van der Waals surface area contributed by atoms with Gasteiger partial charge in [0.2, 0.25) is 0 Å². The number of aliphatic hydroxyl groups excluding tert-OH is 1. The van der Waals surface area contributed by atoms with E-state index in [1.807, 2.05) is 0 Å². The quantitative estimate of drug-likeness (QED) is 0.732. The molecule has 2 saturated carbocycles. The maximum Gasteiger partial charge on any atom is 0.0592 e. The number of hydrogen-bond acceptors (Lipinski definition) is 3. The minimum absolute atomic E-state index is 0.302. The van der Waals surface area contributed by atoms with Crippen molar-refractivity contribution < 1.29 is 5.11 Å². The Morgan fingerprint density at radius 1 is 1.13 bits per heavy atom. The van der Waals surface area contributed by atoms with Crippen molar-refractivity contribution in [3.63, 3.8) is 0 Å². The molecule has 0 aromatic rings. The molecule has 2 nitrogen and oxygen atoms in total. The van der Waals surface area contributed by atoms with E-state index in [1.165, 1.54) is 44.9 Å². The average molecular weight is 229 g/mol. The summed E-state index contributed by atoms with van der Waals surface area (Å²) >= 11 is 2.08. The van der Waals surface area contributed by atoms with E-state index < -0.39 is 0 Å². The van der Waals surface area contributed by atoms with E-state index in [-0.39, 0.29) is 0 Å². The molecule has 2 rings (SSSR count). The largest absolute Gasteiger partial charge is 0.395 e. The fourth-order valence-corrected chi connectivity index (χ4v) is 3.59. The first-order valence-corrected chi connectivity index (χ1v) is 7.42. The van der Waals surface area contributed by atoms with E-state index in [9.17, 15) is 5.11 Å². The maximum atomic E-state index is 9.26. The first kappa shape index (κ1) is 11.7. The van der Waals surface area contributed by atoms with E-state index in [4.69, 9.17) is 0 Å². The van der Waals surface area contributed by atoms with Crippen molar-refractivity contribution in [2.75, 3.05) is 12.4 Å². The van der Waals surface area contributed by atoms with Crippen LogP contribution in [-0.2, 0) is 0 Å². The van der Waals surface area contributed by atoms with Crippen molar-refractivity contribution >= 4 is 11.8 Å². The summed E-state index contributed by atoms with van der Waals surface area (Å²) in [5, 5.41) is 13.6. The second kappa shape index (κ2) is 6.12. The molecular weight excluding hydrogens is 206 g/mol. The topological polar surface area (TPSA) is 32.3 Å². The van der Waals surface area contributed by atoms with Gasteiger partial charge < -0.3 is 10.4 Å². The second-order valence-electron chi connectivity index (χ2n) is 4.91. The molecule has 0 aliphatic heterocycles. The van der Waals surface area contributed by atoms with Crippen molar-refractivity contribution in [2.24, 2.45) is 0 Å². The zero-order valence-corrected chi connectivity index (χ0v) is 10.3. The number of rotatable bonds is 6.